The molecule has 86 valence electrons. The van der Waals surface area contributed by atoms with Crippen molar-refractivity contribution in [2.45, 2.75) is 13.3 Å². The molecule has 0 saturated carbocycles. The van der Waals surface area contributed by atoms with E-state index in [1.165, 1.54) is 6.92 Å². The van der Waals surface area contributed by atoms with E-state index in [0.29, 0.717) is 28.1 Å². The maximum Gasteiger partial charge on any atom is 0.231 e. The first kappa shape index (κ1) is 11.3. The number of rotatable bonds is 3. The van der Waals surface area contributed by atoms with Crippen LogP contribution in [0.25, 0.3) is 0 Å². The summed E-state index contributed by atoms with van der Waals surface area (Å²) in [4.78, 5) is 11.1. The van der Waals surface area contributed by atoms with E-state index in [2.05, 4.69) is 15.9 Å². The minimum atomic E-state index is 0.0732. The van der Waals surface area contributed by atoms with Crippen LogP contribution in [0, 0.1) is 0 Å². The second-order valence-electron chi connectivity index (χ2n) is 3.50. The van der Waals surface area contributed by atoms with Gasteiger partial charge in [0.1, 0.15) is 16.0 Å². The fourth-order valence-corrected chi connectivity index (χ4v) is 2.38. The number of fused-ring (bicyclic) bond motifs is 1. The van der Waals surface area contributed by atoms with E-state index in [1.54, 1.807) is 13.2 Å². The van der Waals surface area contributed by atoms with Gasteiger partial charge in [-0.05, 0) is 28.9 Å². The lowest BCUT2D eigenvalue weighted by molar-refractivity contribution is -0.116. The van der Waals surface area contributed by atoms with Gasteiger partial charge in [-0.15, -0.1) is 0 Å². The number of Topliss-reactive ketones (excluding diaryl/α,β-unsaturated/α-hetero) is 1. The molecule has 1 aromatic rings. The van der Waals surface area contributed by atoms with Crippen LogP contribution in [0.1, 0.15) is 12.5 Å². The fraction of sp³-hybridized carbons (Fsp3) is 0.364. The van der Waals surface area contributed by atoms with Gasteiger partial charge >= 0.3 is 0 Å². The average Bonchev–Trinajstić information content (AvgIpc) is 2.65. The van der Waals surface area contributed by atoms with E-state index in [1.807, 2.05) is 0 Å². The number of hydrogen-bond donors (Lipinski definition) is 0. The molecule has 0 amide bonds. The van der Waals surface area contributed by atoms with Crippen LogP contribution in [0.3, 0.4) is 0 Å². The summed E-state index contributed by atoms with van der Waals surface area (Å²) >= 11 is 3.39. The molecule has 0 aromatic heterocycles. The van der Waals surface area contributed by atoms with Gasteiger partial charge in [-0.1, -0.05) is 0 Å². The number of carbonyl (C=O) groups excluding carboxylic acids is 1. The van der Waals surface area contributed by atoms with E-state index < -0.39 is 0 Å². The van der Waals surface area contributed by atoms with Crippen molar-refractivity contribution in [3.8, 4) is 17.2 Å². The molecule has 0 radical (unpaired) electrons. The zero-order valence-electron chi connectivity index (χ0n) is 9.00. The van der Waals surface area contributed by atoms with Crippen LogP contribution in [0.2, 0.25) is 0 Å². The molecule has 4 nitrogen and oxygen atoms in total. The van der Waals surface area contributed by atoms with Crippen molar-refractivity contribution in [1.29, 1.82) is 0 Å². The number of ether oxygens (including phenoxy) is 3. The van der Waals surface area contributed by atoms with E-state index in [0.717, 1.165) is 5.56 Å². The predicted molar refractivity (Wildman–Crippen MR) is 61.2 cm³/mol. The van der Waals surface area contributed by atoms with Crippen molar-refractivity contribution >= 4 is 21.7 Å². The number of hydrogen-bond acceptors (Lipinski definition) is 4. The van der Waals surface area contributed by atoms with Crippen molar-refractivity contribution in [3.63, 3.8) is 0 Å². The SMILES string of the molecule is COc1c(CC(C)=O)cc2c(c1Br)OCO2. The summed E-state index contributed by atoms with van der Waals surface area (Å²) in [5.41, 5.74) is 0.797. The van der Waals surface area contributed by atoms with E-state index in [9.17, 15) is 4.79 Å². The van der Waals surface area contributed by atoms with Gasteiger partial charge in [0.05, 0.1) is 7.11 Å². The minimum absolute atomic E-state index is 0.0732. The lowest BCUT2D eigenvalue weighted by Crippen LogP contribution is -2.00. The summed E-state index contributed by atoms with van der Waals surface area (Å²) in [7, 11) is 1.56. The van der Waals surface area contributed by atoms with Crippen LogP contribution in [-0.2, 0) is 11.2 Å². The van der Waals surface area contributed by atoms with Gasteiger partial charge in [0.2, 0.25) is 6.79 Å². The van der Waals surface area contributed by atoms with Crippen molar-refractivity contribution in [2.24, 2.45) is 0 Å². The van der Waals surface area contributed by atoms with Crippen molar-refractivity contribution in [1.82, 2.24) is 0 Å². The monoisotopic (exact) mass is 286 g/mol. The summed E-state index contributed by atoms with van der Waals surface area (Å²) < 4.78 is 16.5. The molecule has 1 aliphatic rings. The smallest absolute Gasteiger partial charge is 0.231 e. The Labute approximate surface area is 102 Å². The quantitative estimate of drug-likeness (QED) is 0.855. The van der Waals surface area contributed by atoms with Crippen LogP contribution in [0.4, 0.5) is 0 Å². The third kappa shape index (κ3) is 1.87. The lowest BCUT2D eigenvalue weighted by Gasteiger charge is -2.11. The van der Waals surface area contributed by atoms with Gasteiger partial charge in [-0.2, -0.15) is 0 Å². The molecule has 0 atom stereocenters. The Bertz CT molecular complexity index is 442. The van der Waals surface area contributed by atoms with Crippen molar-refractivity contribution in [2.75, 3.05) is 13.9 Å². The number of halogens is 1. The van der Waals surface area contributed by atoms with Gasteiger partial charge in [0.15, 0.2) is 11.5 Å². The van der Waals surface area contributed by atoms with Crippen molar-refractivity contribution < 1.29 is 19.0 Å². The lowest BCUT2D eigenvalue weighted by atomic mass is 10.1. The summed E-state index contributed by atoms with van der Waals surface area (Å²) in [5, 5.41) is 0. The molecule has 0 N–H and O–H groups in total. The maximum atomic E-state index is 11.1. The summed E-state index contributed by atoms with van der Waals surface area (Å²) in [6.45, 7) is 1.73. The molecular weight excluding hydrogens is 276 g/mol. The first-order valence-corrected chi connectivity index (χ1v) is 5.57. The Morgan fingerprint density at radius 1 is 1.56 bits per heavy atom. The molecular formula is C11H11BrO4. The third-order valence-corrected chi connectivity index (χ3v) is 3.00. The number of carbonyl (C=O) groups is 1. The molecule has 1 aromatic carbocycles. The first-order valence-electron chi connectivity index (χ1n) is 4.78. The maximum absolute atomic E-state index is 11.1. The number of benzene rings is 1. The summed E-state index contributed by atoms with van der Waals surface area (Å²) in [5.74, 6) is 1.97. The molecule has 1 heterocycles. The Morgan fingerprint density at radius 2 is 2.31 bits per heavy atom. The van der Waals surface area contributed by atoms with Crippen LogP contribution in [-0.4, -0.2) is 19.7 Å². The zero-order valence-corrected chi connectivity index (χ0v) is 10.6. The molecule has 0 fully saturated rings. The second kappa shape index (κ2) is 4.33. The highest BCUT2D eigenvalue weighted by Crippen LogP contribution is 2.46. The summed E-state index contributed by atoms with van der Waals surface area (Å²) in [6, 6.07) is 1.79. The molecule has 0 aliphatic carbocycles. The standard InChI is InChI=1S/C11H11BrO4/c1-6(13)3-7-4-8-11(16-5-15-8)9(12)10(7)14-2/h4H,3,5H2,1-2H3. The molecule has 2 rings (SSSR count). The van der Waals surface area contributed by atoms with E-state index >= 15 is 0 Å². The van der Waals surface area contributed by atoms with Gasteiger partial charge in [0, 0.05) is 12.0 Å². The average molecular weight is 287 g/mol. The van der Waals surface area contributed by atoms with Gasteiger partial charge < -0.3 is 14.2 Å². The van der Waals surface area contributed by atoms with Gasteiger partial charge in [-0.25, -0.2) is 0 Å². The normalized spacial score (nSPS) is 12.7. The largest absolute Gasteiger partial charge is 0.495 e. The topological polar surface area (TPSA) is 44.8 Å². The van der Waals surface area contributed by atoms with Crippen molar-refractivity contribution in [3.05, 3.63) is 16.1 Å². The summed E-state index contributed by atoms with van der Waals surface area (Å²) in [6.07, 6.45) is 0.318. The molecule has 0 saturated heterocycles. The first-order chi connectivity index (χ1) is 7.63. The second-order valence-corrected chi connectivity index (χ2v) is 4.29. The van der Waals surface area contributed by atoms with Gasteiger partial charge in [-0.3, -0.25) is 4.79 Å². The van der Waals surface area contributed by atoms with E-state index in [-0.39, 0.29) is 12.6 Å². The number of methoxy groups -OCH3 is 1. The highest BCUT2D eigenvalue weighted by molar-refractivity contribution is 9.10. The highest BCUT2D eigenvalue weighted by atomic mass is 79.9. The molecule has 0 unspecified atom stereocenters. The predicted octanol–water partition coefficient (Wildman–Crippen LogP) is 2.32. The molecule has 16 heavy (non-hydrogen) atoms. The molecule has 5 heteroatoms. The number of ketones is 1. The van der Waals surface area contributed by atoms with Crippen LogP contribution >= 0.6 is 15.9 Å². The van der Waals surface area contributed by atoms with E-state index in [4.69, 9.17) is 14.2 Å². The molecule has 1 aliphatic heterocycles. The Kier molecular flexibility index (Phi) is 3.05. The highest BCUT2D eigenvalue weighted by Gasteiger charge is 2.23. The molecule has 0 bridgehead atoms. The fourth-order valence-electron chi connectivity index (χ4n) is 1.66. The Morgan fingerprint density at radius 3 is 2.94 bits per heavy atom. The zero-order chi connectivity index (χ0) is 11.7. The van der Waals surface area contributed by atoms with Crippen LogP contribution < -0.4 is 14.2 Å². The molecule has 0 spiro atoms. The van der Waals surface area contributed by atoms with Crippen LogP contribution in [0.15, 0.2) is 10.5 Å². The van der Waals surface area contributed by atoms with Crippen LogP contribution in [0.5, 0.6) is 17.2 Å². The van der Waals surface area contributed by atoms with Gasteiger partial charge in [0.25, 0.3) is 0 Å². The third-order valence-electron chi connectivity index (χ3n) is 2.28. The Hall–Kier alpha value is -1.23. The minimum Gasteiger partial charge on any atom is -0.495 e. The Balaban J connectivity index is 2.52.